The Morgan fingerprint density at radius 2 is 1.21 bits per heavy atom. The van der Waals surface area contributed by atoms with Crippen LogP contribution in [-0.4, -0.2) is 156 Å². The molecule has 28 nitrogen and oxygen atoms in total. The molecule has 28 heteroatoms. The number of guanidine groups is 1. The number of nitrogens with zero attached hydrogens (tertiary/aromatic N) is 4. The van der Waals surface area contributed by atoms with E-state index in [-0.39, 0.29) is 50.8 Å². The topological polar surface area (TPSA) is 453 Å². The summed E-state index contributed by atoms with van der Waals surface area (Å²) in [5.41, 5.74) is 19.0. The van der Waals surface area contributed by atoms with Gasteiger partial charge in [-0.1, -0.05) is 32.8 Å². The lowest BCUT2D eigenvalue weighted by Crippen LogP contribution is -2.59. The van der Waals surface area contributed by atoms with Gasteiger partial charge >= 0.3 is 18.0 Å². The number of aliphatic hydroxyl groups excluding tert-OH is 1. The van der Waals surface area contributed by atoms with E-state index in [1.54, 1.807) is 27.7 Å². The van der Waals surface area contributed by atoms with E-state index in [1.807, 2.05) is 0 Å². The number of carbonyl (C=O) groups is 10. The number of carboxylic acids is 2. The van der Waals surface area contributed by atoms with Gasteiger partial charge in [0.1, 0.15) is 36.3 Å². The van der Waals surface area contributed by atoms with Crippen LogP contribution in [0, 0.1) is 11.8 Å². The van der Waals surface area contributed by atoms with E-state index in [1.165, 1.54) is 6.92 Å². The lowest BCUT2D eigenvalue weighted by molar-refractivity contribution is -0.142. The molecule has 0 aromatic heterocycles. The molecule has 348 valence electrons. The second-order valence-corrected chi connectivity index (χ2v) is 14.3. The molecule has 9 amide bonds. The minimum Gasteiger partial charge on any atom is -0.481 e. The minimum atomic E-state index is -1.86. The van der Waals surface area contributed by atoms with Gasteiger partial charge in [-0.25, -0.2) is 4.79 Å². The molecule has 0 heterocycles. The van der Waals surface area contributed by atoms with Crippen molar-refractivity contribution in [3.63, 3.8) is 0 Å². The molecular weight excluding hydrogens is 826 g/mol. The molecular formula is C34H59N15O13. The SMILES string of the molecule is CC(C)C[C@H](NC(=O)[C@H](CO)NC(=O)[C@H](CC(=O)O)NC(=O)CNC(=O)[C@H](CCCN=C(N)N)NC(=O)CNC(=O)[C@@H](NC(=O)NCCN=[N+]=[N-])C(C)C)C(=O)N[C@@H](C)C(=O)O. The van der Waals surface area contributed by atoms with Crippen molar-refractivity contribution in [1.82, 2.24) is 47.9 Å². The molecule has 0 bridgehead atoms. The molecule has 0 rings (SSSR count). The van der Waals surface area contributed by atoms with E-state index in [4.69, 9.17) is 22.1 Å². The fourth-order valence-electron chi connectivity index (χ4n) is 5.02. The van der Waals surface area contributed by atoms with Crippen LogP contribution < -0.4 is 59.3 Å². The van der Waals surface area contributed by atoms with Gasteiger partial charge < -0.3 is 74.6 Å². The van der Waals surface area contributed by atoms with E-state index >= 15 is 0 Å². The molecule has 16 N–H and O–H groups in total. The summed E-state index contributed by atoms with van der Waals surface area (Å²) in [7, 11) is 0. The average Bonchev–Trinajstić information content (AvgIpc) is 3.18. The Morgan fingerprint density at radius 1 is 0.661 bits per heavy atom. The average molecular weight is 886 g/mol. The van der Waals surface area contributed by atoms with Gasteiger partial charge in [-0.2, -0.15) is 0 Å². The van der Waals surface area contributed by atoms with Gasteiger partial charge in [0, 0.05) is 24.5 Å². The number of urea groups is 1. The smallest absolute Gasteiger partial charge is 0.325 e. The highest BCUT2D eigenvalue weighted by atomic mass is 16.4. The second-order valence-electron chi connectivity index (χ2n) is 14.3. The maximum atomic E-state index is 13.2. The Balaban J connectivity index is 5.74. The van der Waals surface area contributed by atoms with Crippen molar-refractivity contribution >= 4 is 65.3 Å². The van der Waals surface area contributed by atoms with Crippen LogP contribution in [0.1, 0.15) is 60.3 Å². The molecule has 0 aromatic rings. The van der Waals surface area contributed by atoms with Crippen LogP contribution in [0.2, 0.25) is 0 Å². The number of amides is 9. The maximum Gasteiger partial charge on any atom is 0.325 e. The molecule has 0 aliphatic rings. The highest BCUT2D eigenvalue weighted by molar-refractivity contribution is 5.97. The number of aliphatic carboxylic acids is 2. The monoisotopic (exact) mass is 885 g/mol. The number of azide groups is 1. The van der Waals surface area contributed by atoms with Crippen LogP contribution in [0.5, 0.6) is 0 Å². The molecule has 0 saturated carbocycles. The van der Waals surface area contributed by atoms with E-state index in [0.717, 1.165) is 0 Å². The summed E-state index contributed by atoms with van der Waals surface area (Å²) < 4.78 is 0. The van der Waals surface area contributed by atoms with Crippen molar-refractivity contribution in [2.75, 3.05) is 39.3 Å². The zero-order valence-corrected chi connectivity index (χ0v) is 35.1. The highest BCUT2D eigenvalue weighted by Gasteiger charge is 2.32. The van der Waals surface area contributed by atoms with Crippen molar-refractivity contribution in [3.05, 3.63) is 10.4 Å². The summed E-state index contributed by atoms with van der Waals surface area (Å²) in [4.78, 5) is 132. The molecule has 6 atom stereocenters. The molecule has 62 heavy (non-hydrogen) atoms. The van der Waals surface area contributed by atoms with Crippen LogP contribution in [0.25, 0.3) is 10.4 Å². The Kier molecular flexibility index (Phi) is 26.0. The number of aliphatic imine (C=N–C) groups is 1. The normalized spacial score (nSPS) is 13.5. The first-order valence-corrected chi connectivity index (χ1v) is 19.2. The van der Waals surface area contributed by atoms with Crippen molar-refractivity contribution in [3.8, 4) is 0 Å². The van der Waals surface area contributed by atoms with Gasteiger partial charge in [0.25, 0.3) is 0 Å². The number of carboxylic acid groups (broad SMARTS) is 2. The zero-order valence-electron chi connectivity index (χ0n) is 35.1. The van der Waals surface area contributed by atoms with Gasteiger partial charge in [-0.15, -0.1) is 0 Å². The van der Waals surface area contributed by atoms with E-state index in [2.05, 4.69) is 62.9 Å². The van der Waals surface area contributed by atoms with Crippen molar-refractivity contribution < 1.29 is 63.3 Å². The summed E-state index contributed by atoms with van der Waals surface area (Å²) in [5.74, 6) is -10.6. The number of nitrogens with one attached hydrogen (secondary N) is 9. The highest BCUT2D eigenvalue weighted by Crippen LogP contribution is 2.07. The molecule has 0 fully saturated rings. The van der Waals surface area contributed by atoms with Gasteiger partial charge in [0.05, 0.1) is 26.1 Å². The van der Waals surface area contributed by atoms with E-state index in [9.17, 15) is 58.2 Å². The third-order valence-electron chi connectivity index (χ3n) is 8.15. The third kappa shape index (κ3) is 23.6. The van der Waals surface area contributed by atoms with Crippen LogP contribution in [0.4, 0.5) is 4.79 Å². The largest absolute Gasteiger partial charge is 0.481 e. The number of carbonyl (C=O) groups excluding carboxylic acids is 8. The summed E-state index contributed by atoms with van der Waals surface area (Å²) in [5, 5.41) is 52.3. The van der Waals surface area contributed by atoms with E-state index in [0.29, 0.717) is 0 Å². The Bertz CT molecular complexity index is 1670. The van der Waals surface area contributed by atoms with Gasteiger partial charge in [0.2, 0.25) is 41.4 Å². The van der Waals surface area contributed by atoms with Gasteiger partial charge in [-0.3, -0.25) is 48.1 Å². The quantitative estimate of drug-likeness (QED) is 0.00835. The lowest BCUT2D eigenvalue weighted by atomic mass is 10.0. The summed E-state index contributed by atoms with van der Waals surface area (Å²) in [6.45, 7) is 5.28. The first kappa shape index (κ1) is 55.0. The Labute approximate surface area is 355 Å². The molecule has 0 aliphatic heterocycles. The fourth-order valence-corrected chi connectivity index (χ4v) is 5.02. The van der Waals surface area contributed by atoms with Crippen molar-refractivity contribution in [2.24, 2.45) is 33.4 Å². The number of rotatable bonds is 29. The fraction of sp³-hybridized carbons (Fsp3) is 0.676. The number of nitrogens with two attached hydrogens (primary N) is 2. The van der Waals surface area contributed by atoms with Crippen LogP contribution in [-0.2, 0) is 43.2 Å². The second kappa shape index (κ2) is 29.3. The Hall–Kier alpha value is -6.96. The predicted molar refractivity (Wildman–Crippen MR) is 217 cm³/mol. The van der Waals surface area contributed by atoms with Gasteiger partial charge in [-0.05, 0) is 43.6 Å². The Morgan fingerprint density at radius 3 is 1.73 bits per heavy atom. The number of hydrogen-bond donors (Lipinski definition) is 14. The van der Waals surface area contributed by atoms with Gasteiger partial charge in [0.15, 0.2) is 5.96 Å². The molecule has 0 aromatic carbocycles. The van der Waals surface area contributed by atoms with Crippen LogP contribution >= 0.6 is 0 Å². The zero-order chi connectivity index (χ0) is 47.5. The summed E-state index contributed by atoms with van der Waals surface area (Å²) in [6.07, 6.45) is -0.962. The van der Waals surface area contributed by atoms with E-state index < -0.39 is 128 Å². The number of hydrogen-bond acceptors (Lipinski definition) is 13. The molecule has 0 radical (unpaired) electrons. The summed E-state index contributed by atoms with van der Waals surface area (Å²) >= 11 is 0. The molecule has 0 saturated heterocycles. The maximum absolute atomic E-state index is 13.2. The molecule has 0 aliphatic carbocycles. The van der Waals surface area contributed by atoms with Crippen molar-refractivity contribution in [1.29, 1.82) is 0 Å². The van der Waals surface area contributed by atoms with Crippen LogP contribution in [0.3, 0.4) is 0 Å². The standard InChI is InChI=1S/C34H59N15O13/c1-16(2)11-20(28(56)43-18(5)32(60)61)46-30(58)22(15-50)47-29(57)21(12-25(53)54)45-24(52)13-40-27(55)19(7-6-8-38-33(35)36)44-23(51)14-41-31(59)26(17(3)4)48-34(62)39-9-10-42-49-37/h16-22,26,50H,6-15H2,1-5H3,(H,40,55)(H,41,59)(H,43,56)(H,44,51)(H,45,52)(H,46,58)(H,47,57)(H,53,54)(H,60,61)(H4,35,36,38)(H2,39,48,62)/t18-,19-,20-,21-,22-,26-/m0/s1. The first-order valence-electron chi connectivity index (χ1n) is 19.2. The first-order chi connectivity index (χ1) is 29.0. The third-order valence-corrected chi connectivity index (χ3v) is 8.15. The molecule has 0 spiro atoms. The molecule has 0 unspecified atom stereocenters. The predicted octanol–water partition coefficient (Wildman–Crippen LogP) is -5.05. The lowest BCUT2D eigenvalue weighted by Gasteiger charge is -2.25. The van der Waals surface area contributed by atoms with Crippen LogP contribution in [0.15, 0.2) is 10.1 Å². The number of aliphatic hydroxyl groups is 1. The summed E-state index contributed by atoms with van der Waals surface area (Å²) in [6, 6.07) is -9.43. The van der Waals surface area contributed by atoms with Crippen molar-refractivity contribution in [2.45, 2.75) is 96.6 Å². The minimum absolute atomic E-state index is 0.00873.